The number of aliphatic carboxylic acids is 1. The summed E-state index contributed by atoms with van der Waals surface area (Å²) in [4.78, 5) is 28.1. The van der Waals surface area contributed by atoms with Gasteiger partial charge in [0.25, 0.3) is 0 Å². The van der Waals surface area contributed by atoms with Crippen molar-refractivity contribution < 1.29 is 19.2 Å². The number of carboxylic acid groups (broad SMARTS) is 1. The molecule has 0 aromatic carbocycles. The molecule has 0 atom stereocenters. The Hall–Kier alpha value is -1.92. The summed E-state index contributed by atoms with van der Waals surface area (Å²) in [6.45, 7) is 7.88. The fourth-order valence-electron chi connectivity index (χ4n) is 1.75. The number of carbonyl (C=O) groups excluding carboxylic acids is 1. The number of nitrogens with zero attached hydrogens (tertiary/aromatic N) is 3. The van der Waals surface area contributed by atoms with Gasteiger partial charge in [0.15, 0.2) is 5.82 Å². The van der Waals surface area contributed by atoms with Gasteiger partial charge in [-0.25, -0.2) is 0 Å². The van der Waals surface area contributed by atoms with Gasteiger partial charge in [-0.3, -0.25) is 9.59 Å². The summed E-state index contributed by atoms with van der Waals surface area (Å²) < 4.78 is 5.14. The van der Waals surface area contributed by atoms with Crippen LogP contribution < -0.4 is 0 Å². The molecular formula is C14H23N3O4. The minimum absolute atomic E-state index is 0.169. The Labute approximate surface area is 124 Å². The van der Waals surface area contributed by atoms with Crippen LogP contribution in [0.4, 0.5) is 0 Å². The van der Waals surface area contributed by atoms with E-state index >= 15 is 0 Å². The largest absolute Gasteiger partial charge is 0.480 e. The van der Waals surface area contributed by atoms with Gasteiger partial charge in [-0.1, -0.05) is 25.9 Å². The summed E-state index contributed by atoms with van der Waals surface area (Å²) in [6, 6.07) is 0. The Balaban J connectivity index is 2.44. The summed E-state index contributed by atoms with van der Waals surface area (Å²) in [5.74, 6) is -0.0220. The zero-order valence-corrected chi connectivity index (χ0v) is 13.0. The number of rotatable bonds is 7. The molecule has 1 aromatic heterocycles. The van der Waals surface area contributed by atoms with Crippen molar-refractivity contribution in [3.8, 4) is 0 Å². The molecule has 0 saturated heterocycles. The van der Waals surface area contributed by atoms with Crippen LogP contribution in [0.1, 0.15) is 52.3 Å². The van der Waals surface area contributed by atoms with Gasteiger partial charge in [-0.15, -0.1) is 0 Å². The Morgan fingerprint density at radius 3 is 2.48 bits per heavy atom. The maximum absolute atomic E-state index is 11.9. The van der Waals surface area contributed by atoms with Crippen LogP contribution in [0, 0.1) is 0 Å². The van der Waals surface area contributed by atoms with E-state index < -0.39 is 5.97 Å². The highest BCUT2D eigenvalue weighted by Gasteiger charge is 2.21. The van der Waals surface area contributed by atoms with Gasteiger partial charge in [0, 0.05) is 24.8 Å². The van der Waals surface area contributed by atoms with Gasteiger partial charge in [0.2, 0.25) is 11.8 Å². The number of aryl methyl sites for hydroxylation is 1. The van der Waals surface area contributed by atoms with Crippen LogP contribution in [0.15, 0.2) is 4.52 Å². The van der Waals surface area contributed by atoms with E-state index in [2.05, 4.69) is 10.1 Å². The van der Waals surface area contributed by atoms with Crippen molar-refractivity contribution in [3.63, 3.8) is 0 Å². The van der Waals surface area contributed by atoms with Crippen molar-refractivity contribution >= 4 is 11.9 Å². The Morgan fingerprint density at radius 1 is 1.33 bits per heavy atom. The van der Waals surface area contributed by atoms with Crippen molar-refractivity contribution in [2.45, 2.75) is 52.4 Å². The third-order valence-corrected chi connectivity index (χ3v) is 2.98. The molecule has 7 heteroatoms. The van der Waals surface area contributed by atoms with Crippen molar-refractivity contribution in [2.75, 3.05) is 13.1 Å². The lowest BCUT2D eigenvalue weighted by Gasteiger charge is -2.18. The first-order valence-electron chi connectivity index (χ1n) is 7.06. The molecule has 118 valence electrons. The number of carboxylic acids is 1. The molecule has 0 aliphatic rings. The van der Waals surface area contributed by atoms with Crippen molar-refractivity contribution in [2.24, 2.45) is 0 Å². The predicted molar refractivity (Wildman–Crippen MR) is 75.8 cm³/mol. The van der Waals surface area contributed by atoms with Gasteiger partial charge in [0.05, 0.1) is 0 Å². The van der Waals surface area contributed by atoms with Crippen molar-refractivity contribution in [1.29, 1.82) is 0 Å². The Kier molecular flexibility index (Phi) is 5.87. The van der Waals surface area contributed by atoms with Crippen molar-refractivity contribution in [1.82, 2.24) is 15.0 Å². The highest BCUT2D eigenvalue weighted by atomic mass is 16.5. The zero-order chi connectivity index (χ0) is 16.0. The van der Waals surface area contributed by atoms with Crippen LogP contribution in [0.2, 0.25) is 0 Å². The standard InChI is InChI=1S/C14H23N3O4/c1-5-17(9-12(19)20)11(18)8-6-7-10-15-13(16-21-10)14(2,3)4/h5-9H2,1-4H3,(H,19,20). The smallest absolute Gasteiger partial charge is 0.323 e. The first kappa shape index (κ1) is 17.1. The molecule has 1 aromatic rings. The lowest BCUT2D eigenvalue weighted by Crippen LogP contribution is -2.35. The minimum atomic E-state index is -1.00. The number of amides is 1. The summed E-state index contributed by atoms with van der Waals surface area (Å²) >= 11 is 0. The monoisotopic (exact) mass is 297 g/mol. The van der Waals surface area contributed by atoms with Crippen LogP contribution in [0.5, 0.6) is 0 Å². The van der Waals surface area contributed by atoms with Gasteiger partial charge >= 0.3 is 5.97 Å². The fourth-order valence-corrected chi connectivity index (χ4v) is 1.75. The van der Waals surface area contributed by atoms with Gasteiger partial charge in [-0.05, 0) is 13.3 Å². The lowest BCUT2D eigenvalue weighted by molar-refractivity contribution is -0.144. The lowest BCUT2D eigenvalue weighted by atomic mass is 9.96. The molecule has 1 rings (SSSR count). The molecule has 1 amide bonds. The van der Waals surface area contributed by atoms with E-state index in [-0.39, 0.29) is 24.3 Å². The van der Waals surface area contributed by atoms with E-state index in [4.69, 9.17) is 9.63 Å². The molecular weight excluding hydrogens is 274 g/mol. The molecule has 0 aliphatic carbocycles. The van der Waals surface area contributed by atoms with Crippen molar-refractivity contribution in [3.05, 3.63) is 11.7 Å². The van der Waals surface area contributed by atoms with E-state index in [9.17, 15) is 9.59 Å². The molecule has 1 N–H and O–H groups in total. The molecule has 21 heavy (non-hydrogen) atoms. The van der Waals surface area contributed by atoms with E-state index in [1.807, 2.05) is 20.8 Å². The van der Waals surface area contributed by atoms with Gasteiger partial charge in [-0.2, -0.15) is 4.98 Å². The highest BCUT2D eigenvalue weighted by molar-refractivity contribution is 5.81. The van der Waals surface area contributed by atoms with E-state index in [0.717, 1.165) is 0 Å². The normalized spacial score (nSPS) is 11.4. The van der Waals surface area contributed by atoms with Gasteiger partial charge in [0.1, 0.15) is 6.54 Å². The first-order valence-corrected chi connectivity index (χ1v) is 7.06. The van der Waals surface area contributed by atoms with Crippen LogP contribution in [0.3, 0.4) is 0 Å². The van der Waals surface area contributed by atoms with Crippen LogP contribution in [0.25, 0.3) is 0 Å². The first-order chi connectivity index (χ1) is 9.74. The maximum atomic E-state index is 11.9. The molecule has 0 saturated carbocycles. The molecule has 1 heterocycles. The van der Waals surface area contributed by atoms with E-state index in [1.165, 1.54) is 4.90 Å². The quantitative estimate of drug-likeness (QED) is 0.821. The third kappa shape index (κ3) is 5.53. The summed E-state index contributed by atoms with van der Waals surface area (Å²) in [5.41, 5.74) is -0.169. The third-order valence-electron chi connectivity index (χ3n) is 2.98. The Bertz CT molecular complexity index is 491. The van der Waals surface area contributed by atoms with E-state index in [0.29, 0.717) is 31.1 Å². The average molecular weight is 297 g/mol. The molecule has 0 unspecified atom stereocenters. The Morgan fingerprint density at radius 2 is 2.00 bits per heavy atom. The maximum Gasteiger partial charge on any atom is 0.323 e. The zero-order valence-electron chi connectivity index (χ0n) is 13.0. The number of hydrogen-bond donors (Lipinski definition) is 1. The molecule has 0 radical (unpaired) electrons. The second-order valence-corrected chi connectivity index (χ2v) is 5.92. The summed E-state index contributed by atoms with van der Waals surface area (Å²) in [7, 11) is 0. The highest BCUT2D eigenvalue weighted by Crippen LogP contribution is 2.18. The number of carbonyl (C=O) groups is 2. The van der Waals surface area contributed by atoms with Crippen LogP contribution in [-0.4, -0.2) is 45.1 Å². The number of likely N-dealkylation sites (N-methyl/N-ethyl adjacent to an activating group) is 1. The topological polar surface area (TPSA) is 96.5 Å². The average Bonchev–Trinajstić information content (AvgIpc) is 2.84. The molecule has 0 aliphatic heterocycles. The molecule has 0 bridgehead atoms. The van der Waals surface area contributed by atoms with Gasteiger partial charge < -0.3 is 14.5 Å². The van der Waals surface area contributed by atoms with Crippen LogP contribution >= 0.6 is 0 Å². The fraction of sp³-hybridized carbons (Fsp3) is 0.714. The molecule has 0 fully saturated rings. The molecule has 0 spiro atoms. The summed E-state index contributed by atoms with van der Waals surface area (Å²) in [5, 5.41) is 12.6. The number of aromatic nitrogens is 2. The predicted octanol–water partition coefficient (Wildman–Crippen LogP) is 1.62. The molecule has 7 nitrogen and oxygen atoms in total. The summed E-state index contributed by atoms with van der Waals surface area (Å²) in [6.07, 6.45) is 1.34. The van der Waals surface area contributed by atoms with Crippen LogP contribution in [-0.2, 0) is 21.4 Å². The second kappa shape index (κ2) is 7.19. The second-order valence-electron chi connectivity index (χ2n) is 5.92. The number of hydrogen-bond acceptors (Lipinski definition) is 5. The van der Waals surface area contributed by atoms with E-state index in [1.54, 1.807) is 6.92 Å². The minimum Gasteiger partial charge on any atom is -0.480 e. The SMILES string of the molecule is CCN(CC(=O)O)C(=O)CCCc1nc(C(C)(C)C)no1.